The number of anilines is 3. The number of aliphatic hydroxyl groups excluding tert-OH is 1. The van der Waals surface area contributed by atoms with Crippen LogP contribution in [0.4, 0.5) is 30.8 Å². The van der Waals surface area contributed by atoms with Crippen molar-refractivity contribution >= 4 is 46.1 Å². The van der Waals surface area contributed by atoms with E-state index in [2.05, 4.69) is 25.8 Å². The minimum atomic E-state index is -1.27. The van der Waals surface area contributed by atoms with Gasteiger partial charge in [0.1, 0.15) is 22.9 Å². The number of benzene rings is 2. The van der Waals surface area contributed by atoms with Crippen molar-refractivity contribution in [2.24, 2.45) is 5.92 Å². The molecule has 1 saturated heterocycles. The van der Waals surface area contributed by atoms with E-state index in [0.717, 1.165) is 42.4 Å². The summed E-state index contributed by atoms with van der Waals surface area (Å²) in [6, 6.07) is 9.27. The Kier molecular flexibility index (Phi) is 7.82. The van der Waals surface area contributed by atoms with Gasteiger partial charge in [0.15, 0.2) is 23.0 Å². The molecule has 1 aliphatic heterocycles. The van der Waals surface area contributed by atoms with Crippen LogP contribution in [0.2, 0.25) is 0 Å². The molecular weight excluding hydrogens is 576 g/mol. The molecule has 2 aromatic carbocycles. The molecule has 2 fully saturated rings. The highest BCUT2D eigenvalue weighted by molar-refractivity contribution is 6.23. The van der Waals surface area contributed by atoms with Crippen molar-refractivity contribution in [3.63, 3.8) is 0 Å². The van der Waals surface area contributed by atoms with Crippen molar-refractivity contribution in [3.05, 3.63) is 66.4 Å². The van der Waals surface area contributed by atoms with Gasteiger partial charge in [-0.25, -0.2) is 23.5 Å². The van der Waals surface area contributed by atoms with Crippen LogP contribution in [0.15, 0.2) is 54.7 Å². The van der Waals surface area contributed by atoms with Crippen molar-refractivity contribution in [2.75, 3.05) is 28.7 Å². The van der Waals surface area contributed by atoms with E-state index in [9.17, 15) is 23.9 Å². The number of imide groups is 1. The van der Waals surface area contributed by atoms with Crippen molar-refractivity contribution in [3.8, 4) is 11.5 Å². The number of pyridine rings is 1. The Hall–Kier alpha value is -5.11. The maximum Gasteiger partial charge on any atom is 0.331 e. The molecule has 228 valence electrons. The molecule has 0 spiro atoms. The summed E-state index contributed by atoms with van der Waals surface area (Å²) in [7, 11) is 0. The first-order chi connectivity index (χ1) is 21.2. The lowest BCUT2D eigenvalue weighted by Gasteiger charge is -2.44. The third-order valence-corrected chi connectivity index (χ3v) is 7.75. The van der Waals surface area contributed by atoms with Crippen LogP contribution in [0.5, 0.6) is 11.5 Å². The number of hydrogen-bond donors (Lipinski definition) is 4. The Bertz CT molecular complexity index is 1730. The minimum absolute atomic E-state index is 0.0791. The van der Waals surface area contributed by atoms with Gasteiger partial charge in [0.2, 0.25) is 11.8 Å². The maximum atomic E-state index is 15.3. The van der Waals surface area contributed by atoms with Crippen LogP contribution >= 0.6 is 0 Å². The maximum absolute atomic E-state index is 15.3. The molecule has 4 amide bonds. The Balaban J connectivity index is 1.21. The molecule has 1 saturated carbocycles. The third kappa shape index (κ3) is 5.51. The van der Waals surface area contributed by atoms with Crippen molar-refractivity contribution in [2.45, 2.75) is 38.3 Å². The average Bonchev–Trinajstić information content (AvgIpc) is 3.39. The number of ether oxygens (including phenoxy) is 1. The summed E-state index contributed by atoms with van der Waals surface area (Å²) in [6.07, 6.45) is 3.89. The number of rotatable bonds is 9. The molecule has 1 unspecified atom stereocenters. The SMILES string of the molecule is C[C@H](CO)Nc1n[nH]c2nccc(Oc3ccc(NC(=O)C4CN(C5CCC5)C(=O)N(c5ccc(F)cc5)C4=O)cc3F)c12. The van der Waals surface area contributed by atoms with E-state index in [-0.39, 0.29) is 48.1 Å². The number of urea groups is 1. The van der Waals surface area contributed by atoms with E-state index in [1.54, 1.807) is 13.0 Å². The van der Waals surface area contributed by atoms with E-state index >= 15 is 4.39 Å². The van der Waals surface area contributed by atoms with Gasteiger partial charge in [-0.05, 0) is 62.6 Å². The first-order valence-corrected chi connectivity index (χ1v) is 14.1. The molecule has 14 heteroatoms. The Morgan fingerprint density at radius 3 is 2.59 bits per heavy atom. The van der Waals surface area contributed by atoms with Gasteiger partial charge in [-0.3, -0.25) is 14.7 Å². The first kappa shape index (κ1) is 29.0. The van der Waals surface area contributed by atoms with Gasteiger partial charge in [0.25, 0.3) is 0 Å². The molecule has 6 rings (SSSR count). The Morgan fingerprint density at radius 1 is 1.14 bits per heavy atom. The van der Waals surface area contributed by atoms with Crippen molar-refractivity contribution in [1.82, 2.24) is 20.1 Å². The predicted molar refractivity (Wildman–Crippen MR) is 156 cm³/mol. The number of carbonyl (C=O) groups excluding carboxylic acids is 3. The molecule has 12 nitrogen and oxygen atoms in total. The molecule has 44 heavy (non-hydrogen) atoms. The van der Waals surface area contributed by atoms with Gasteiger partial charge in [0, 0.05) is 42.6 Å². The lowest BCUT2D eigenvalue weighted by Crippen LogP contribution is -2.63. The second-order valence-corrected chi connectivity index (χ2v) is 10.8. The lowest BCUT2D eigenvalue weighted by molar-refractivity contribution is -0.132. The number of nitrogens with zero attached hydrogens (tertiary/aromatic N) is 4. The number of carbonyl (C=O) groups is 3. The second kappa shape index (κ2) is 11.9. The number of H-pyrrole nitrogens is 1. The van der Waals surface area contributed by atoms with Gasteiger partial charge in [-0.1, -0.05) is 0 Å². The minimum Gasteiger partial charge on any atom is -0.453 e. The molecule has 0 radical (unpaired) electrons. The Morgan fingerprint density at radius 2 is 1.91 bits per heavy atom. The second-order valence-electron chi connectivity index (χ2n) is 10.8. The number of halogens is 2. The molecule has 0 bridgehead atoms. The van der Waals surface area contributed by atoms with Gasteiger partial charge in [0.05, 0.1) is 12.3 Å². The zero-order valence-electron chi connectivity index (χ0n) is 23.6. The smallest absolute Gasteiger partial charge is 0.331 e. The molecule has 2 aliphatic rings. The largest absolute Gasteiger partial charge is 0.453 e. The number of aromatic amines is 1. The van der Waals surface area contributed by atoms with Crippen LogP contribution < -0.4 is 20.3 Å². The lowest BCUT2D eigenvalue weighted by atomic mass is 9.89. The number of nitrogens with one attached hydrogen (secondary N) is 3. The summed E-state index contributed by atoms with van der Waals surface area (Å²) < 4.78 is 34.7. The van der Waals surface area contributed by atoms with Crippen molar-refractivity contribution in [1.29, 1.82) is 0 Å². The fraction of sp³-hybridized carbons (Fsp3) is 0.300. The molecule has 3 heterocycles. The summed E-state index contributed by atoms with van der Waals surface area (Å²) in [5.74, 6) is -3.57. The van der Waals surface area contributed by atoms with Crippen LogP contribution in [0.1, 0.15) is 26.2 Å². The Labute approximate surface area is 250 Å². The van der Waals surface area contributed by atoms with E-state index in [0.29, 0.717) is 16.9 Å². The van der Waals surface area contributed by atoms with Crippen LogP contribution in [0, 0.1) is 17.6 Å². The van der Waals surface area contributed by atoms with Crippen LogP contribution in [-0.4, -0.2) is 68.3 Å². The zero-order chi connectivity index (χ0) is 31.0. The standard InChI is InChI=1S/C30H29F2N7O5/c1-16(15-40)34-27-25-24(11-12-33-26(25)36-37-27)44-23-10-7-18(13-22(23)32)35-28(41)21-14-38(19-3-2-4-19)30(43)39(29(21)42)20-8-5-17(31)6-9-20/h5-13,16,19,21,40H,2-4,14-15H2,1H3,(H,35,41)(H2,33,34,36,37)/t16-,21?/m1/s1. The van der Waals surface area contributed by atoms with E-state index in [1.807, 2.05) is 0 Å². The van der Waals surface area contributed by atoms with Crippen molar-refractivity contribution < 1.29 is 33.0 Å². The fourth-order valence-electron chi connectivity index (χ4n) is 5.16. The molecule has 2 aromatic heterocycles. The molecule has 1 aliphatic carbocycles. The quantitative estimate of drug-likeness (QED) is 0.205. The van der Waals surface area contributed by atoms with E-state index in [4.69, 9.17) is 4.74 Å². The van der Waals surface area contributed by atoms with Crippen LogP contribution in [0.25, 0.3) is 11.0 Å². The normalized spacial score (nSPS) is 17.9. The predicted octanol–water partition coefficient (Wildman–Crippen LogP) is 4.40. The van der Waals surface area contributed by atoms with Crippen LogP contribution in [-0.2, 0) is 9.59 Å². The number of hydrogen-bond acceptors (Lipinski definition) is 8. The number of aromatic nitrogens is 3. The van der Waals surface area contributed by atoms with Gasteiger partial charge in [-0.2, -0.15) is 5.10 Å². The topological polar surface area (TPSA) is 153 Å². The van der Waals surface area contributed by atoms with E-state index in [1.165, 1.54) is 35.4 Å². The molecule has 4 N–H and O–H groups in total. The third-order valence-electron chi connectivity index (χ3n) is 7.75. The summed E-state index contributed by atoms with van der Waals surface area (Å²) in [5.41, 5.74) is 0.624. The summed E-state index contributed by atoms with van der Waals surface area (Å²) in [4.78, 5) is 46.7. The molecule has 4 aromatic rings. The number of fused-ring (bicyclic) bond motifs is 1. The first-order valence-electron chi connectivity index (χ1n) is 14.1. The summed E-state index contributed by atoms with van der Waals surface area (Å²) >= 11 is 0. The summed E-state index contributed by atoms with van der Waals surface area (Å²) in [5, 5.41) is 22.4. The molecular formula is C30H29F2N7O5. The van der Waals surface area contributed by atoms with E-state index < -0.39 is 35.4 Å². The van der Waals surface area contributed by atoms with Crippen LogP contribution in [0.3, 0.4) is 0 Å². The van der Waals surface area contributed by atoms with Gasteiger partial charge >= 0.3 is 6.03 Å². The highest BCUT2D eigenvalue weighted by Crippen LogP contribution is 2.36. The molecule has 2 atom stereocenters. The fourth-order valence-corrected chi connectivity index (χ4v) is 5.16. The summed E-state index contributed by atoms with van der Waals surface area (Å²) in [6.45, 7) is 1.50. The highest BCUT2D eigenvalue weighted by atomic mass is 19.1. The number of aliphatic hydroxyl groups is 1. The number of amides is 4. The zero-order valence-corrected chi connectivity index (χ0v) is 23.6. The van der Waals surface area contributed by atoms with Gasteiger partial charge < -0.3 is 25.4 Å². The highest BCUT2D eigenvalue weighted by Gasteiger charge is 2.46. The average molecular weight is 606 g/mol. The van der Waals surface area contributed by atoms with Gasteiger partial charge in [-0.15, -0.1) is 0 Å². The monoisotopic (exact) mass is 605 g/mol.